The van der Waals surface area contributed by atoms with Gasteiger partial charge in [0.15, 0.2) is 11.0 Å². The Labute approximate surface area is 99.2 Å². The Morgan fingerprint density at radius 3 is 3.07 bits per heavy atom. The average Bonchev–Trinajstić information content (AvgIpc) is 2.68. The third-order valence-electron chi connectivity index (χ3n) is 2.48. The normalized spacial score (nSPS) is 20.9. The first-order chi connectivity index (χ1) is 7.31. The lowest BCUT2D eigenvalue weighted by Gasteiger charge is -2.17. The number of hydrogen-bond acceptors (Lipinski definition) is 4. The minimum absolute atomic E-state index is 0.514. The second kappa shape index (κ2) is 5.03. The first kappa shape index (κ1) is 11.0. The molecule has 0 aliphatic carbocycles. The van der Waals surface area contributed by atoms with Crippen LogP contribution in [0.2, 0.25) is 5.15 Å². The van der Waals surface area contributed by atoms with Crippen LogP contribution < -0.4 is 4.90 Å². The summed E-state index contributed by atoms with van der Waals surface area (Å²) in [5.74, 6) is 2.01. The molecule has 15 heavy (non-hydrogen) atoms. The Kier molecular flexibility index (Phi) is 3.70. The smallest absolute Gasteiger partial charge is 0.171 e. The van der Waals surface area contributed by atoms with Gasteiger partial charge in [0.05, 0.1) is 0 Å². The van der Waals surface area contributed by atoms with Crippen LogP contribution in [-0.2, 0) is 0 Å². The summed E-state index contributed by atoms with van der Waals surface area (Å²) in [6.45, 7) is 4.27. The molecule has 1 saturated heterocycles. The molecule has 2 heterocycles. The highest BCUT2D eigenvalue weighted by Gasteiger charge is 2.24. The van der Waals surface area contributed by atoms with E-state index >= 15 is 0 Å². The summed E-state index contributed by atoms with van der Waals surface area (Å²) < 4.78 is 0. The Hall–Kier alpha value is -0.480. The van der Waals surface area contributed by atoms with Gasteiger partial charge >= 0.3 is 0 Å². The lowest BCUT2D eigenvalue weighted by Crippen LogP contribution is -2.22. The van der Waals surface area contributed by atoms with Crippen molar-refractivity contribution in [3.05, 3.63) is 17.5 Å². The standard InChI is InChI=1S/C10H14ClN3S/c1-2-15-8-3-6-14(7-8)10-9(11)12-4-5-13-10/h4-5,8H,2-3,6-7H2,1H3. The van der Waals surface area contributed by atoms with Crippen LogP contribution in [-0.4, -0.2) is 34.1 Å². The van der Waals surface area contributed by atoms with Gasteiger partial charge in [-0.1, -0.05) is 18.5 Å². The van der Waals surface area contributed by atoms with Crippen molar-refractivity contribution in [2.75, 3.05) is 23.7 Å². The molecule has 1 aromatic heterocycles. The predicted octanol–water partition coefficient (Wildman–Crippen LogP) is 2.46. The molecule has 1 aromatic rings. The van der Waals surface area contributed by atoms with Crippen molar-refractivity contribution >= 4 is 29.2 Å². The van der Waals surface area contributed by atoms with Gasteiger partial charge in [-0.05, 0) is 12.2 Å². The van der Waals surface area contributed by atoms with E-state index in [2.05, 4.69) is 21.8 Å². The van der Waals surface area contributed by atoms with Gasteiger partial charge in [0.1, 0.15) is 0 Å². The molecular weight excluding hydrogens is 230 g/mol. The SMILES string of the molecule is CCSC1CCN(c2nccnc2Cl)C1. The van der Waals surface area contributed by atoms with Gasteiger partial charge in [0, 0.05) is 30.7 Å². The highest BCUT2D eigenvalue weighted by Crippen LogP contribution is 2.28. The van der Waals surface area contributed by atoms with Gasteiger partial charge in [-0.3, -0.25) is 0 Å². The van der Waals surface area contributed by atoms with Gasteiger partial charge in [-0.2, -0.15) is 11.8 Å². The van der Waals surface area contributed by atoms with E-state index in [0.29, 0.717) is 10.4 Å². The summed E-state index contributed by atoms with van der Waals surface area (Å²) in [5.41, 5.74) is 0. The molecular formula is C10H14ClN3S. The highest BCUT2D eigenvalue weighted by molar-refractivity contribution is 7.99. The van der Waals surface area contributed by atoms with Crippen molar-refractivity contribution in [3.63, 3.8) is 0 Å². The molecule has 82 valence electrons. The number of nitrogens with zero attached hydrogens (tertiary/aromatic N) is 3. The van der Waals surface area contributed by atoms with Crippen LogP contribution in [0.25, 0.3) is 0 Å². The minimum atomic E-state index is 0.514. The predicted molar refractivity (Wildman–Crippen MR) is 65.8 cm³/mol. The fraction of sp³-hybridized carbons (Fsp3) is 0.600. The van der Waals surface area contributed by atoms with Gasteiger partial charge in [0.2, 0.25) is 0 Å². The number of thioether (sulfide) groups is 1. The Balaban J connectivity index is 2.04. The molecule has 0 spiro atoms. The van der Waals surface area contributed by atoms with Crippen molar-refractivity contribution in [2.24, 2.45) is 0 Å². The molecule has 2 rings (SSSR count). The number of aromatic nitrogens is 2. The number of halogens is 1. The van der Waals surface area contributed by atoms with Crippen LogP contribution in [0.5, 0.6) is 0 Å². The van der Waals surface area contributed by atoms with E-state index in [9.17, 15) is 0 Å². The zero-order valence-corrected chi connectivity index (χ0v) is 10.3. The molecule has 0 bridgehead atoms. The minimum Gasteiger partial charge on any atom is -0.353 e. The highest BCUT2D eigenvalue weighted by atomic mass is 35.5. The lowest BCUT2D eigenvalue weighted by molar-refractivity contribution is 0.927. The molecule has 0 aromatic carbocycles. The second-order valence-corrected chi connectivity index (χ2v) is 5.42. The summed E-state index contributed by atoms with van der Waals surface area (Å²) in [6.07, 6.45) is 4.53. The molecule has 3 nitrogen and oxygen atoms in total. The number of anilines is 1. The average molecular weight is 244 g/mol. The maximum absolute atomic E-state index is 6.01. The molecule has 1 aliphatic heterocycles. The maximum atomic E-state index is 6.01. The van der Waals surface area contributed by atoms with Gasteiger partial charge < -0.3 is 4.90 Å². The van der Waals surface area contributed by atoms with E-state index in [1.54, 1.807) is 12.4 Å². The fourth-order valence-corrected chi connectivity index (χ4v) is 3.07. The quantitative estimate of drug-likeness (QED) is 0.816. The summed E-state index contributed by atoms with van der Waals surface area (Å²) in [7, 11) is 0. The first-order valence-electron chi connectivity index (χ1n) is 5.14. The summed E-state index contributed by atoms with van der Waals surface area (Å²) in [5, 5.41) is 1.23. The molecule has 5 heteroatoms. The van der Waals surface area contributed by atoms with E-state index in [4.69, 9.17) is 11.6 Å². The molecule has 0 N–H and O–H groups in total. The van der Waals surface area contributed by atoms with Crippen LogP contribution in [0.1, 0.15) is 13.3 Å². The summed E-state index contributed by atoms with van der Waals surface area (Å²) >= 11 is 8.02. The summed E-state index contributed by atoms with van der Waals surface area (Å²) in [4.78, 5) is 10.6. The maximum Gasteiger partial charge on any atom is 0.171 e. The number of hydrogen-bond donors (Lipinski definition) is 0. The largest absolute Gasteiger partial charge is 0.353 e. The molecule has 1 aliphatic rings. The van der Waals surface area contributed by atoms with Gasteiger partial charge in [-0.25, -0.2) is 9.97 Å². The summed E-state index contributed by atoms with van der Waals surface area (Å²) in [6, 6.07) is 0. The lowest BCUT2D eigenvalue weighted by atomic mass is 10.4. The second-order valence-electron chi connectivity index (χ2n) is 3.48. The van der Waals surface area contributed by atoms with Crippen LogP contribution in [0.3, 0.4) is 0 Å². The Bertz CT molecular complexity index is 334. The molecule has 0 radical (unpaired) electrons. The Morgan fingerprint density at radius 2 is 2.33 bits per heavy atom. The zero-order valence-electron chi connectivity index (χ0n) is 8.69. The van der Waals surface area contributed by atoms with E-state index in [1.165, 1.54) is 12.2 Å². The van der Waals surface area contributed by atoms with Crippen molar-refractivity contribution in [1.29, 1.82) is 0 Å². The van der Waals surface area contributed by atoms with Crippen LogP contribution in [0, 0.1) is 0 Å². The molecule has 1 fully saturated rings. The number of rotatable bonds is 3. The first-order valence-corrected chi connectivity index (χ1v) is 6.57. The van der Waals surface area contributed by atoms with E-state index in [-0.39, 0.29) is 0 Å². The molecule has 1 unspecified atom stereocenters. The van der Waals surface area contributed by atoms with Crippen molar-refractivity contribution in [1.82, 2.24) is 9.97 Å². The van der Waals surface area contributed by atoms with Gasteiger partial charge in [0.25, 0.3) is 0 Å². The van der Waals surface area contributed by atoms with E-state index in [0.717, 1.165) is 18.9 Å². The third-order valence-corrected chi connectivity index (χ3v) is 3.94. The molecule has 0 amide bonds. The van der Waals surface area contributed by atoms with Crippen molar-refractivity contribution < 1.29 is 0 Å². The fourth-order valence-electron chi connectivity index (χ4n) is 1.82. The third kappa shape index (κ3) is 2.55. The van der Waals surface area contributed by atoms with Crippen molar-refractivity contribution in [3.8, 4) is 0 Å². The van der Waals surface area contributed by atoms with Crippen LogP contribution >= 0.6 is 23.4 Å². The zero-order chi connectivity index (χ0) is 10.7. The van der Waals surface area contributed by atoms with Crippen molar-refractivity contribution in [2.45, 2.75) is 18.6 Å². The van der Waals surface area contributed by atoms with Crippen LogP contribution in [0.15, 0.2) is 12.4 Å². The van der Waals surface area contributed by atoms with Crippen LogP contribution in [0.4, 0.5) is 5.82 Å². The van der Waals surface area contributed by atoms with Gasteiger partial charge in [-0.15, -0.1) is 0 Å². The van der Waals surface area contributed by atoms with E-state index < -0.39 is 0 Å². The topological polar surface area (TPSA) is 29.0 Å². The Morgan fingerprint density at radius 1 is 1.53 bits per heavy atom. The van der Waals surface area contributed by atoms with E-state index in [1.807, 2.05) is 11.8 Å². The molecule has 0 saturated carbocycles. The molecule has 1 atom stereocenters. The monoisotopic (exact) mass is 243 g/mol.